The van der Waals surface area contributed by atoms with Crippen molar-refractivity contribution in [3.63, 3.8) is 0 Å². The molecule has 2 atom stereocenters. The number of nitrogens with zero attached hydrogens (tertiary/aromatic N) is 1. The molecule has 82 heavy (non-hydrogen) atoms. The van der Waals surface area contributed by atoms with E-state index >= 15 is 0 Å². The van der Waals surface area contributed by atoms with Crippen molar-refractivity contribution >= 4 is 17.9 Å². The van der Waals surface area contributed by atoms with Gasteiger partial charge in [-0.1, -0.05) is 334 Å². The van der Waals surface area contributed by atoms with Gasteiger partial charge in [0.05, 0.1) is 34.4 Å². The van der Waals surface area contributed by atoms with E-state index in [9.17, 15) is 19.5 Å². The van der Waals surface area contributed by atoms with Crippen LogP contribution in [0.5, 0.6) is 0 Å². The molecule has 0 spiro atoms. The summed E-state index contributed by atoms with van der Waals surface area (Å²) in [4.78, 5) is 37.5. The van der Waals surface area contributed by atoms with Crippen LogP contribution in [-0.4, -0.2) is 87.4 Å². The summed E-state index contributed by atoms with van der Waals surface area (Å²) in [5, 5.41) is 9.73. The highest BCUT2D eigenvalue weighted by Crippen LogP contribution is 2.19. The summed E-state index contributed by atoms with van der Waals surface area (Å²) in [7, 11) is 5.99. The van der Waals surface area contributed by atoms with E-state index in [1.165, 1.54) is 295 Å². The lowest BCUT2D eigenvalue weighted by Crippen LogP contribution is -2.40. The number of quaternary nitrogens is 1. The molecule has 0 aromatic rings. The van der Waals surface area contributed by atoms with E-state index in [1.54, 1.807) is 0 Å². The maximum Gasteiger partial charge on any atom is 0.361 e. The summed E-state index contributed by atoms with van der Waals surface area (Å²) in [5.41, 5.74) is 0. The lowest BCUT2D eigenvalue weighted by Gasteiger charge is -2.25. The Morgan fingerprint density at radius 3 is 0.963 bits per heavy atom. The fourth-order valence-electron chi connectivity index (χ4n) is 10.9. The van der Waals surface area contributed by atoms with E-state index in [4.69, 9.17) is 18.9 Å². The van der Waals surface area contributed by atoms with Crippen LogP contribution >= 0.6 is 0 Å². The predicted molar refractivity (Wildman–Crippen MR) is 351 cm³/mol. The van der Waals surface area contributed by atoms with Gasteiger partial charge in [-0.25, -0.2) is 4.79 Å². The number of likely N-dealkylation sites (N-methyl/N-ethyl adjacent to an activating group) is 1. The van der Waals surface area contributed by atoms with Crippen LogP contribution < -0.4 is 0 Å². The molecule has 0 aromatic heterocycles. The third-order valence-electron chi connectivity index (χ3n) is 16.5. The van der Waals surface area contributed by atoms with Gasteiger partial charge in [0.15, 0.2) is 6.10 Å². The van der Waals surface area contributed by atoms with Crippen LogP contribution in [0.4, 0.5) is 0 Å². The highest BCUT2D eigenvalue weighted by molar-refractivity contribution is 5.71. The number of allylic oxidation sites excluding steroid dienone is 4. The Morgan fingerprint density at radius 1 is 0.366 bits per heavy atom. The van der Waals surface area contributed by atoms with Gasteiger partial charge in [-0.15, -0.1) is 0 Å². The zero-order valence-electron chi connectivity index (χ0n) is 55.4. The number of hydrogen-bond acceptors (Lipinski definition) is 7. The van der Waals surface area contributed by atoms with Crippen LogP contribution in [0.3, 0.4) is 0 Å². The number of unbranched alkanes of at least 4 members (excludes halogenated alkanes) is 49. The first-order chi connectivity index (χ1) is 40.1. The molecule has 0 saturated carbocycles. The lowest BCUT2D eigenvalue weighted by molar-refractivity contribution is -0.870. The fraction of sp³-hybridized carbons (Fsp3) is 0.904. The highest BCUT2D eigenvalue weighted by Gasteiger charge is 2.25. The summed E-state index contributed by atoms with van der Waals surface area (Å²) in [6.45, 7) is 4.93. The smallest absolute Gasteiger partial charge is 0.361 e. The minimum absolute atomic E-state index is 0.174. The number of carboxylic acids is 1. The van der Waals surface area contributed by atoms with Crippen LogP contribution in [0.15, 0.2) is 24.3 Å². The van der Waals surface area contributed by atoms with Crippen LogP contribution in [0.1, 0.15) is 367 Å². The van der Waals surface area contributed by atoms with Crippen molar-refractivity contribution in [3.8, 4) is 0 Å². The standard InChI is InChI=1S/C73H139NO8/c1-6-8-10-12-14-16-18-20-22-24-25-26-27-28-29-30-31-32-33-34-35-36-37-38-39-40-41-42-43-44-45-46-47-48-50-52-54-56-58-60-62-64-71(76)82-69(68-81-73(72(77)78)79-66-65-74(3,4)5)67-80-70(75)63-61-59-57-55-53-51-49-23-21-19-17-15-13-11-9-7-2/h18,20,24-25,69,73H,6-17,19,21-23,26-68H2,1-5H3/p+1/b20-18-,25-24-. The number of hydrogen-bond donors (Lipinski definition) is 1. The molecule has 0 fully saturated rings. The van der Waals surface area contributed by atoms with Gasteiger partial charge in [0.2, 0.25) is 0 Å². The predicted octanol–water partition coefficient (Wildman–Crippen LogP) is 22.2. The summed E-state index contributed by atoms with van der Waals surface area (Å²) < 4.78 is 23.0. The number of carboxylic acid groups (broad SMARTS) is 1. The third-order valence-corrected chi connectivity index (χ3v) is 16.5. The Bertz CT molecular complexity index is 1390. The molecule has 0 amide bonds. The molecular weight excluding hydrogens is 1020 g/mol. The van der Waals surface area contributed by atoms with Gasteiger partial charge in [-0.05, 0) is 44.9 Å². The van der Waals surface area contributed by atoms with Crippen molar-refractivity contribution in [1.29, 1.82) is 0 Å². The molecule has 0 aliphatic carbocycles. The van der Waals surface area contributed by atoms with E-state index < -0.39 is 18.4 Å². The number of carbonyl (C=O) groups is 3. The van der Waals surface area contributed by atoms with Crippen molar-refractivity contribution in [2.45, 2.75) is 379 Å². The molecule has 0 aliphatic heterocycles. The molecule has 0 aromatic carbocycles. The monoisotopic (exact) mass is 1160 g/mol. The molecule has 0 heterocycles. The zero-order valence-corrected chi connectivity index (χ0v) is 55.4. The Labute approximate surface area is 509 Å². The quantitative estimate of drug-likeness (QED) is 0.0211. The molecular formula is C73H140NO8+. The normalized spacial score (nSPS) is 12.7. The van der Waals surface area contributed by atoms with Crippen LogP contribution in [0.25, 0.3) is 0 Å². The number of esters is 2. The van der Waals surface area contributed by atoms with E-state index in [2.05, 4.69) is 38.2 Å². The Kier molecular flexibility index (Phi) is 63.0. The summed E-state index contributed by atoms with van der Waals surface area (Å²) in [5.74, 6) is -1.97. The second kappa shape index (κ2) is 64.8. The second-order valence-corrected chi connectivity index (χ2v) is 25.9. The molecule has 484 valence electrons. The Balaban J connectivity index is 3.89. The van der Waals surface area contributed by atoms with Crippen LogP contribution in [0, 0.1) is 0 Å². The van der Waals surface area contributed by atoms with E-state index in [-0.39, 0.29) is 38.2 Å². The first-order valence-electron chi connectivity index (χ1n) is 36.0. The Hall–Kier alpha value is -2.23. The van der Waals surface area contributed by atoms with E-state index in [0.717, 1.165) is 44.9 Å². The van der Waals surface area contributed by atoms with Gasteiger partial charge in [-0.2, -0.15) is 0 Å². The van der Waals surface area contributed by atoms with Crippen molar-refractivity contribution < 1.29 is 42.9 Å². The average Bonchev–Trinajstić information content (AvgIpc) is 3.45. The highest BCUT2D eigenvalue weighted by atomic mass is 16.7. The first kappa shape index (κ1) is 79.8. The molecule has 0 radical (unpaired) electrons. The second-order valence-electron chi connectivity index (χ2n) is 25.9. The lowest BCUT2D eigenvalue weighted by atomic mass is 10.0. The fourth-order valence-corrected chi connectivity index (χ4v) is 10.9. The SMILES string of the molecule is CCCCCCC/C=C\C/C=C\CCCCCCCCCCCCCCCCCCCCCCCCCCCCCCCC(=O)OC(COC(=O)CCCCCCCCCCCCCCCCCC)COC(OCC[N+](C)(C)C)C(=O)O. The molecule has 9 nitrogen and oxygen atoms in total. The number of aliphatic carboxylic acids is 1. The van der Waals surface area contributed by atoms with Crippen molar-refractivity contribution in [2.75, 3.05) is 47.5 Å². The van der Waals surface area contributed by atoms with E-state index in [0.29, 0.717) is 17.4 Å². The van der Waals surface area contributed by atoms with Gasteiger partial charge in [0, 0.05) is 12.8 Å². The Morgan fingerprint density at radius 2 is 0.659 bits per heavy atom. The van der Waals surface area contributed by atoms with E-state index in [1.807, 2.05) is 21.1 Å². The number of ether oxygens (including phenoxy) is 4. The largest absolute Gasteiger partial charge is 0.477 e. The van der Waals surface area contributed by atoms with Gasteiger partial charge in [0.25, 0.3) is 6.29 Å². The van der Waals surface area contributed by atoms with Gasteiger partial charge in [0.1, 0.15) is 13.2 Å². The minimum atomic E-state index is -1.51. The molecule has 0 bridgehead atoms. The molecule has 1 N–H and O–H groups in total. The maximum absolute atomic E-state index is 12.9. The molecule has 2 unspecified atom stereocenters. The molecule has 0 rings (SSSR count). The zero-order chi connectivity index (χ0) is 59.8. The molecule has 0 saturated heterocycles. The topological polar surface area (TPSA) is 108 Å². The van der Waals surface area contributed by atoms with Crippen LogP contribution in [-0.2, 0) is 33.3 Å². The minimum Gasteiger partial charge on any atom is -0.477 e. The number of rotatable bonds is 68. The maximum atomic E-state index is 12.9. The van der Waals surface area contributed by atoms with Crippen molar-refractivity contribution in [1.82, 2.24) is 0 Å². The van der Waals surface area contributed by atoms with Crippen molar-refractivity contribution in [3.05, 3.63) is 24.3 Å². The summed E-state index contributed by atoms with van der Waals surface area (Å²) >= 11 is 0. The number of carbonyl (C=O) groups excluding carboxylic acids is 2. The van der Waals surface area contributed by atoms with Gasteiger partial charge in [-0.3, -0.25) is 9.59 Å². The first-order valence-corrected chi connectivity index (χ1v) is 36.0. The molecule has 9 heteroatoms. The van der Waals surface area contributed by atoms with Crippen LogP contribution in [0.2, 0.25) is 0 Å². The molecule has 0 aliphatic rings. The van der Waals surface area contributed by atoms with Gasteiger partial charge >= 0.3 is 17.9 Å². The third kappa shape index (κ3) is 65.3. The van der Waals surface area contributed by atoms with Gasteiger partial charge < -0.3 is 28.5 Å². The average molecular weight is 1160 g/mol. The summed E-state index contributed by atoms with van der Waals surface area (Å²) in [6, 6.07) is 0. The van der Waals surface area contributed by atoms with Crippen molar-refractivity contribution in [2.24, 2.45) is 0 Å². The summed E-state index contributed by atoms with van der Waals surface area (Å²) in [6.07, 6.45) is 77.5.